The molecule has 4 rings (SSSR count). The van der Waals surface area contributed by atoms with Crippen molar-refractivity contribution in [2.24, 2.45) is 7.05 Å². The molecule has 2 aromatic heterocycles. The number of amides is 2. The van der Waals surface area contributed by atoms with Gasteiger partial charge in [0.2, 0.25) is 0 Å². The lowest BCUT2D eigenvalue weighted by molar-refractivity contribution is 0.192. The minimum Gasteiger partial charge on any atom is -0.338 e. The maximum absolute atomic E-state index is 12.8. The molecule has 1 saturated carbocycles. The van der Waals surface area contributed by atoms with Gasteiger partial charge in [-0.1, -0.05) is 0 Å². The number of hydrogen-bond donors (Lipinski definition) is 1. The van der Waals surface area contributed by atoms with E-state index in [-0.39, 0.29) is 6.03 Å². The van der Waals surface area contributed by atoms with Crippen molar-refractivity contribution in [3.8, 4) is 0 Å². The predicted molar refractivity (Wildman–Crippen MR) is 102 cm³/mol. The smallest absolute Gasteiger partial charge is 0.317 e. The highest BCUT2D eigenvalue weighted by Crippen LogP contribution is 2.30. The molecule has 140 valence electrons. The zero-order valence-corrected chi connectivity index (χ0v) is 16.7. The number of nitrogens with zero attached hydrogens (tertiary/aromatic N) is 4. The van der Waals surface area contributed by atoms with Crippen molar-refractivity contribution in [2.75, 3.05) is 6.54 Å². The molecule has 2 heterocycles. The Bertz CT molecular complexity index is 799. The predicted octanol–water partition coefficient (Wildman–Crippen LogP) is 2.90. The summed E-state index contributed by atoms with van der Waals surface area (Å²) in [6.45, 7) is 5.39. The van der Waals surface area contributed by atoms with Gasteiger partial charge in [0.15, 0.2) is 0 Å². The molecule has 2 aromatic rings. The standard InChI is InChI=1S/C19H27N5OS/c1-12-15(13(2)23(3)22-12)11-24(14-7-8-14)19(25)20-10-9-18-21-16-5-4-6-17(16)26-18/h14H,4-11H2,1-3H3,(H,20,25). The van der Waals surface area contributed by atoms with Crippen LogP contribution in [0.25, 0.3) is 0 Å². The van der Waals surface area contributed by atoms with E-state index in [0.717, 1.165) is 42.1 Å². The highest BCUT2D eigenvalue weighted by molar-refractivity contribution is 7.11. The molecule has 0 aromatic carbocycles. The first kappa shape index (κ1) is 17.5. The Morgan fingerprint density at radius 3 is 2.81 bits per heavy atom. The average Bonchev–Trinajstić information content (AvgIpc) is 3.14. The third-order valence-corrected chi connectivity index (χ3v) is 6.71. The zero-order valence-electron chi connectivity index (χ0n) is 15.8. The number of rotatable bonds is 6. The van der Waals surface area contributed by atoms with Gasteiger partial charge in [0.25, 0.3) is 0 Å². The SMILES string of the molecule is Cc1nn(C)c(C)c1CN(C(=O)NCCc1nc2c(s1)CCC2)C1CC1. The van der Waals surface area contributed by atoms with E-state index in [1.807, 2.05) is 34.9 Å². The molecule has 0 aliphatic heterocycles. The van der Waals surface area contributed by atoms with Crippen LogP contribution in [0, 0.1) is 13.8 Å². The Kier molecular flexibility index (Phi) is 4.73. The van der Waals surface area contributed by atoms with Crippen LogP contribution in [0.4, 0.5) is 4.79 Å². The second-order valence-electron chi connectivity index (χ2n) is 7.45. The minimum atomic E-state index is 0.0410. The normalized spacial score (nSPS) is 16.0. The lowest BCUT2D eigenvalue weighted by Gasteiger charge is -2.23. The van der Waals surface area contributed by atoms with Gasteiger partial charge in [-0.15, -0.1) is 11.3 Å². The summed E-state index contributed by atoms with van der Waals surface area (Å²) in [7, 11) is 1.96. The fraction of sp³-hybridized carbons (Fsp3) is 0.632. The summed E-state index contributed by atoms with van der Waals surface area (Å²) in [5.41, 5.74) is 4.61. The molecule has 0 spiro atoms. The molecule has 2 amide bonds. The molecule has 2 aliphatic rings. The second kappa shape index (κ2) is 7.02. The number of fused-ring (bicyclic) bond motifs is 1. The van der Waals surface area contributed by atoms with Crippen molar-refractivity contribution < 1.29 is 4.79 Å². The number of carbonyl (C=O) groups is 1. The summed E-state index contributed by atoms with van der Waals surface area (Å²) in [4.78, 5) is 20.9. The number of aryl methyl sites for hydroxylation is 4. The Morgan fingerprint density at radius 1 is 1.35 bits per heavy atom. The molecule has 0 bridgehead atoms. The number of nitrogens with one attached hydrogen (secondary N) is 1. The quantitative estimate of drug-likeness (QED) is 0.847. The van der Waals surface area contributed by atoms with E-state index in [1.54, 1.807) is 0 Å². The Balaban J connectivity index is 1.35. The summed E-state index contributed by atoms with van der Waals surface area (Å²) in [6, 6.07) is 0.414. The van der Waals surface area contributed by atoms with Crippen molar-refractivity contribution in [1.29, 1.82) is 0 Å². The van der Waals surface area contributed by atoms with E-state index in [4.69, 9.17) is 4.98 Å². The number of carbonyl (C=O) groups excluding carboxylic acids is 1. The van der Waals surface area contributed by atoms with Crippen LogP contribution in [0.15, 0.2) is 0 Å². The van der Waals surface area contributed by atoms with Gasteiger partial charge < -0.3 is 10.2 Å². The molecular weight excluding hydrogens is 346 g/mol. The van der Waals surface area contributed by atoms with Gasteiger partial charge in [0.05, 0.1) is 22.9 Å². The summed E-state index contributed by atoms with van der Waals surface area (Å²) in [6.07, 6.45) is 6.58. The summed E-state index contributed by atoms with van der Waals surface area (Å²) < 4.78 is 1.90. The van der Waals surface area contributed by atoms with Crippen molar-refractivity contribution in [3.05, 3.63) is 32.5 Å². The molecule has 6 nitrogen and oxygen atoms in total. The molecule has 0 saturated heterocycles. The molecular formula is C19H27N5OS. The molecule has 26 heavy (non-hydrogen) atoms. The highest BCUT2D eigenvalue weighted by atomic mass is 32.1. The van der Waals surface area contributed by atoms with E-state index in [9.17, 15) is 4.79 Å². The summed E-state index contributed by atoms with van der Waals surface area (Å²) in [5.74, 6) is 0. The monoisotopic (exact) mass is 373 g/mol. The first-order chi connectivity index (χ1) is 12.5. The summed E-state index contributed by atoms with van der Waals surface area (Å²) >= 11 is 1.82. The van der Waals surface area contributed by atoms with Crippen molar-refractivity contribution in [3.63, 3.8) is 0 Å². The van der Waals surface area contributed by atoms with E-state index in [2.05, 4.69) is 17.3 Å². The maximum Gasteiger partial charge on any atom is 0.317 e. The molecule has 1 fully saturated rings. The van der Waals surface area contributed by atoms with E-state index >= 15 is 0 Å². The fourth-order valence-corrected chi connectivity index (χ4v) is 4.85. The Hall–Kier alpha value is -1.89. The average molecular weight is 374 g/mol. The molecule has 0 atom stereocenters. The zero-order chi connectivity index (χ0) is 18.3. The lowest BCUT2D eigenvalue weighted by atomic mass is 10.2. The summed E-state index contributed by atoms with van der Waals surface area (Å²) in [5, 5.41) is 8.75. The van der Waals surface area contributed by atoms with Crippen LogP contribution in [0.2, 0.25) is 0 Å². The Morgan fingerprint density at radius 2 is 2.15 bits per heavy atom. The largest absolute Gasteiger partial charge is 0.338 e. The van der Waals surface area contributed by atoms with Crippen LogP contribution >= 0.6 is 11.3 Å². The van der Waals surface area contributed by atoms with Crippen LogP contribution in [-0.2, 0) is 32.9 Å². The molecule has 0 unspecified atom stereocenters. The highest BCUT2D eigenvalue weighted by Gasteiger charge is 2.33. The van der Waals surface area contributed by atoms with Gasteiger partial charge >= 0.3 is 6.03 Å². The van der Waals surface area contributed by atoms with Crippen molar-refractivity contribution >= 4 is 17.4 Å². The minimum absolute atomic E-state index is 0.0410. The molecule has 2 aliphatic carbocycles. The molecule has 1 N–H and O–H groups in total. The van der Waals surface area contributed by atoms with Crippen LogP contribution < -0.4 is 5.32 Å². The second-order valence-corrected chi connectivity index (χ2v) is 8.61. The van der Waals surface area contributed by atoms with E-state index in [0.29, 0.717) is 19.1 Å². The number of urea groups is 1. The first-order valence-corrected chi connectivity index (χ1v) is 10.4. The maximum atomic E-state index is 12.8. The van der Waals surface area contributed by atoms with Crippen LogP contribution in [0.5, 0.6) is 0 Å². The lowest BCUT2D eigenvalue weighted by Crippen LogP contribution is -2.41. The van der Waals surface area contributed by atoms with Gasteiger partial charge in [-0.2, -0.15) is 5.10 Å². The van der Waals surface area contributed by atoms with E-state index in [1.165, 1.54) is 29.0 Å². The fourth-order valence-electron chi connectivity index (χ4n) is 3.70. The number of aromatic nitrogens is 3. The van der Waals surface area contributed by atoms with Gasteiger partial charge in [-0.25, -0.2) is 9.78 Å². The number of hydrogen-bond acceptors (Lipinski definition) is 4. The van der Waals surface area contributed by atoms with Gasteiger partial charge in [0, 0.05) is 42.2 Å². The topological polar surface area (TPSA) is 63.1 Å². The van der Waals surface area contributed by atoms with Gasteiger partial charge in [0.1, 0.15) is 0 Å². The van der Waals surface area contributed by atoms with Crippen LogP contribution in [0.1, 0.15) is 51.8 Å². The van der Waals surface area contributed by atoms with Gasteiger partial charge in [-0.05, 0) is 46.0 Å². The molecule has 7 heteroatoms. The third-order valence-electron chi connectivity index (χ3n) is 5.49. The van der Waals surface area contributed by atoms with Crippen LogP contribution in [0.3, 0.4) is 0 Å². The van der Waals surface area contributed by atoms with Crippen LogP contribution in [-0.4, -0.2) is 38.3 Å². The van der Waals surface area contributed by atoms with Crippen molar-refractivity contribution in [2.45, 2.75) is 65.0 Å². The molecule has 0 radical (unpaired) electrons. The third kappa shape index (κ3) is 3.49. The Labute approximate surface area is 158 Å². The van der Waals surface area contributed by atoms with Gasteiger partial charge in [-0.3, -0.25) is 4.68 Å². The number of thiazole rings is 1. The van der Waals surface area contributed by atoms with Crippen molar-refractivity contribution in [1.82, 2.24) is 25.0 Å². The van der Waals surface area contributed by atoms with E-state index < -0.39 is 0 Å². The first-order valence-electron chi connectivity index (χ1n) is 9.54.